The average Bonchev–Trinajstić information content (AvgIpc) is 3.22. The summed E-state index contributed by atoms with van der Waals surface area (Å²) in [6.07, 6.45) is 3.15. The zero-order valence-electron chi connectivity index (χ0n) is 17.3. The van der Waals surface area contributed by atoms with E-state index < -0.39 is 0 Å². The molecule has 1 amide bonds. The lowest BCUT2D eigenvalue weighted by Crippen LogP contribution is -2.45. The molecule has 6 nitrogen and oxygen atoms in total. The minimum absolute atomic E-state index is 0.0813. The van der Waals surface area contributed by atoms with Crippen molar-refractivity contribution in [3.8, 4) is 0 Å². The number of carbonyl (C=O) groups excluding carboxylic acids is 3. The maximum Gasteiger partial charge on any atom is 0.348 e. The van der Waals surface area contributed by atoms with Gasteiger partial charge in [-0.3, -0.25) is 14.6 Å². The van der Waals surface area contributed by atoms with Crippen molar-refractivity contribution >= 4 is 56.0 Å². The molecule has 0 saturated heterocycles. The predicted octanol–water partition coefficient (Wildman–Crippen LogP) is 5.21. The highest BCUT2D eigenvalue weighted by atomic mass is 79.9. The quantitative estimate of drug-likeness (QED) is 0.421. The first-order chi connectivity index (χ1) is 14.9. The summed E-state index contributed by atoms with van der Waals surface area (Å²) in [5.41, 5.74) is 2.10. The van der Waals surface area contributed by atoms with Crippen molar-refractivity contribution in [2.75, 3.05) is 20.2 Å². The van der Waals surface area contributed by atoms with Gasteiger partial charge in [0.25, 0.3) is 0 Å². The topological polar surface area (TPSA) is 66.9 Å². The van der Waals surface area contributed by atoms with Gasteiger partial charge in [0.1, 0.15) is 10.7 Å². The molecule has 1 aromatic heterocycles. The molecule has 0 fully saturated rings. The van der Waals surface area contributed by atoms with Crippen LogP contribution < -0.4 is 0 Å². The Kier molecular flexibility index (Phi) is 8.34. The largest absolute Gasteiger partial charge is 0.465 e. The zero-order chi connectivity index (χ0) is 22.4. The maximum absolute atomic E-state index is 12.5. The minimum atomic E-state index is -0.357. The molecule has 0 spiro atoms. The van der Waals surface area contributed by atoms with Gasteiger partial charge in [0.05, 0.1) is 7.11 Å². The van der Waals surface area contributed by atoms with Crippen molar-refractivity contribution in [1.82, 2.24) is 10.0 Å². The number of halogens is 1. The molecule has 31 heavy (non-hydrogen) atoms. The van der Waals surface area contributed by atoms with Crippen LogP contribution in [-0.4, -0.2) is 47.2 Å². The van der Waals surface area contributed by atoms with Gasteiger partial charge in [0.2, 0.25) is 0 Å². The molecule has 3 rings (SSSR count). The van der Waals surface area contributed by atoms with Crippen LogP contribution in [0.1, 0.15) is 32.1 Å². The molecule has 164 valence electrons. The number of methoxy groups -OCH3 is 1. The molecule has 1 aliphatic rings. The van der Waals surface area contributed by atoms with E-state index in [1.165, 1.54) is 18.4 Å². The number of rotatable bonds is 9. The molecule has 0 atom stereocenters. The Hall–Kier alpha value is -2.10. The van der Waals surface area contributed by atoms with Crippen molar-refractivity contribution in [2.45, 2.75) is 26.2 Å². The summed E-state index contributed by atoms with van der Waals surface area (Å²) in [6, 6.07) is 9.55. The number of hydrogen-bond acceptors (Lipinski definition) is 7. The van der Waals surface area contributed by atoms with Crippen molar-refractivity contribution in [3.63, 3.8) is 0 Å². The fraction of sp³-hybridized carbons (Fsp3) is 0.318. The summed E-state index contributed by atoms with van der Waals surface area (Å²) in [5, 5.41) is 5.11. The number of amides is 1. The van der Waals surface area contributed by atoms with Gasteiger partial charge in [-0.25, -0.2) is 9.80 Å². The van der Waals surface area contributed by atoms with Gasteiger partial charge in [-0.05, 0) is 53.4 Å². The summed E-state index contributed by atoms with van der Waals surface area (Å²) in [6.45, 7) is 2.91. The molecule has 0 radical (unpaired) electrons. The smallest absolute Gasteiger partial charge is 0.348 e. The molecule has 0 unspecified atom stereocenters. The van der Waals surface area contributed by atoms with Gasteiger partial charge < -0.3 is 4.74 Å². The fourth-order valence-electron chi connectivity index (χ4n) is 3.06. The first kappa shape index (κ1) is 23.6. The average molecular weight is 523 g/mol. The minimum Gasteiger partial charge on any atom is -0.465 e. The number of esters is 1. The van der Waals surface area contributed by atoms with Crippen LogP contribution in [0.4, 0.5) is 4.79 Å². The van der Waals surface area contributed by atoms with Gasteiger partial charge in [-0.2, -0.15) is 0 Å². The first-order valence-corrected chi connectivity index (χ1v) is 12.2. The Morgan fingerprint density at radius 2 is 1.97 bits per heavy atom. The molecular formula is C22H23BrN2O4S2. The standard InChI is InChI=1S/C22H23BrN2O4S2/c1-15-3-4-16(14-19(15)23)13-17(26)7-9-24-11-12-30-22(28)25(24)10-8-18-5-6-20(31-18)21(27)29-2/h3-6,11-12,14H,7-10,13H2,1-2H3. The molecular weight excluding hydrogens is 500 g/mol. The van der Waals surface area contributed by atoms with Gasteiger partial charge in [0, 0.05) is 47.9 Å². The number of aryl methyl sites for hydroxylation is 1. The van der Waals surface area contributed by atoms with Crippen LogP contribution in [0.25, 0.3) is 0 Å². The summed E-state index contributed by atoms with van der Waals surface area (Å²) in [5.74, 6) is -0.236. The van der Waals surface area contributed by atoms with E-state index in [9.17, 15) is 14.4 Å². The molecule has 2 aromatic rings. The maximum atomic E-state index is 12.5. The third-order valence-electron chi connectivity index (χ3n) is 4.80. The molecule has 1 aliphatic heterocycles. The monoisotopic (exact) mass is 522 g/mol. The van der Waals surface area contributed by atoms with E-state index in [4.69, 9.17) is 4.74 Å². The first-order valence-electron chi connectivity index (χ1n) is 9.72. The Labute approximate surface area is 198 Å². The number of ether oxygens (including phenoxy) is 1. The summed E-state index contributed by atoms with van der Waals surface area (Å²) >= 11 is 5.99. The molecule has 2 heterocycles. The number of benzene rings is 1. The van der Waals surface area contributed by atoms with Gasteiger partial charge in [-0.15, -0.1) is 11.3 Å². The van der Waals surface area contributed by atoms with Crippen molar-refractivity contribution in [2.24, 2.45) is 0 Å². The van der Waals surface area contributed by atoms with Crippen LogP contribution in [0, 0.1) is 6.92 Å². The molecule has 0 aliphatic carbocycles. The second-order valence-electron chi connectivity index (χ2n) is 7.01. The van der Waals surface area contributed by atoms with Gasteiger partial charge >= 0.3 is 11.2 Å². The summed E-state index contributed by atoms with van der Waals surface area (Å²) < 4.78 is 5.73. The number of hydrogen-bond donors (Lipinski definition) is 0. The number of carbonyl (C=O) groups is 3. The zero-order valence-corrected chi connectivity index (χ0v) is 20.5. The normalized spacial score (nSPS) is 13.6. The van der Waals surface area contributed by atoms with E-state index >= 15 is 0 Å². The van der Waals surface area contributed by atoms with E-state index in [0.717, 1.165) is 32.2 Å². The third kappa shape index (κ3) is 6.44. The number of thioether (sulfide) groups is 1. The number of thiophene rings is 1. The van der Waals surface area contributed by atoms with Crippen LogP contribution in [0.2, 0.25) is 0 Å². The number of Topliss-reactive ketones (excluding diaryl/α,β-unsaturated/α-hetero) is 1. The Morgan fingerprint density at radius 3 is 2.71 bits per heavy atom. The van der Waals surface area contributed by atoms with Crippen LogP contribution in [0.5, 0.6) is 0 Å². The Balaban J connectivity index is 1.55. The summed E-state index contributed by atoms with van der Waals surface area (Å²) in [4.78, 5) is 38.1. The number of hydrazine groups is 1. The molecule has 0 bridgehead atoms. The van der Waals surface area contributed by atoms with Crippen molar-refractivity contribution in [1.29, 1.82) is 0 Å². The highest BCUT2D eigenvalue weighted by Gasteiger charge is 2.23. The SMILES string of the molecule is COC(=O)c1ccc(CCN2C(=O)SC=CN2CCC(=O)Cc2ccc(C)c(Br)c2)s1. The van der Waals surface area contributed by atoms with E-state index in [1.807, 2.05) is 37.4 Å². The van der Waals surface area contributed by atoms with Crippen LogP contribution in [0.15, 0.2) is 46.4 Å². The van der Waals surface area contributed by atoms with E-state index in [2.05, 4.69) is 15.9 Å². The second kappa shape index (κ2) is 11.0. The fourth-order valence-corrected chi connectivity index (χ4v) is 5.04. The predicted molar refractivity (Wildman–Crippen MR) is 127 cm³/mol. The molecule has 0 N–H and O–H groups in total. The third-order valence-corrected chi connectivity index (χ3v) is 7.45. The molecule has 9 heteroatoms. The van der Waals surface area contributed by atoms with Crippen molar-refractivity contribution in [3.05, 3.63) is 67.3 Å². The number of nitrogens with zero attached hydrogens (tertiary/aromatic N) is 2. The lowest BCUT2D eigenvalue weighted by atomic mass is 10.1. The Bertz CT molecular complexity index is 1010. The lowest BCUT2D eigenvalue weighted by molar-refractivity contribution is -0.119. The van der Waals surface area contributed by atoms with Crippen molar-refractivity contribution < 1.29 is 19.1 Å². The van der Waals surface area contributed by atoms with E-state index in [-0.39, 0.29) is 17.0 Å². The van der Waals surface area contributed by atoms with Crippen LogP contribution in [-0.2, 0) is 22.4 Å². The van der Waals surface area contributed by atoms with E-state index in [1.54, 1.807) is 21.5 Å². The highest BCUT2D eigenvalue weighted by Crippen LogP contribution is 2.23. The van der Waals surface area contributed by atoms with Crippen LogP contribution in [0.3, 0.4) is 0 Å². The Morgan fingerprint density at radius 1 is 1.16 bits per heavy atom. The highest BCUT2D eigenvalue weighted by molar-refractivity contribution is 9.10. The summed E-state index contributed by atoms with van der Waals surface area (Å²) in [7, 11) is 1.36. The molecule has 0 saturated carbocycles. The lowest BCUT2D eigenvalue weighted by Gasteiger charge is -2.35. The number of ketones is 1. The van der Waals surface area contributed by atoms with Gasteiger partial charge in [0.15, 0.2) is 0 Å². The van der Waals surface area contributed by atoms with Gasteiger partial charge in [-0.1, -0.05) is 28.1 Å². The van der Waals surface area contributed by atoms with E-state index in [0.29, 0.717) is 37.2 Å². The molecule has 1 aromatic carbocycles. The second-order valence-corrected chi connectivity index (χ2v) is 9.89. The van der Waals surface area contributed by atoms with Crippen LogP contribution >= 0.6 is 39.0 Å².